The van der Waals surface area contributed by atoms with Crippen molar-refractivity contribution in [1.29, 1.82) is 0 Å². The van der Waals surface area contributed by atoms with E-state index in [1.54, 1.807) is 7.11 Å². The van der Waals surface area contributed by atoms with Gasteiger partial charge in [0.25, 0.3) is 0 Å². The molecule has 0 spiro atoms. The molecule has 5 atom stereocenters. The first-order chi connectivity index (χ1) is 15.2. The van der Waals surface area contributed by atoms with E-state index in [0.29, 0.717) is 17.6 Å². The van der Waals surface area contributed by atoms with Crippen LogP contribution in [0.4, 0.5) is 0 Å². The van der Waals surface area contributed by atoms with Crippen LogP contribution in [-0.4, -0.2) is 31.9 Å². The fourth-order valence-electron chi connectivity index (χ4n) is 6.08. The van der Waals surface area contributed by atoms with Crippen LogP contribution in [0.3, 0.4) is 0 Å². The predicted octanol–water partition coefficient (Wildman–Crippen LogP) is 5.89. The molecule has 1 saturated carbocycles. The lowest BCUT2D eigenvalue weighted by atomic mass is 9.73. The van der Waals surface area contributed by atoms with Crippen molar-refractivity contribution in [2.45, 2.75) is 96.4 Å². The van der Waals surface area contributed by atoms with Crippen LogP contribution in [0.2, 0.25) is 0 Å². The van der Waals surface area contributed by atoms with Crippen LogP contribution in [-0.2, 0) is 27.1 Å². The minimum absolute atomic E-state index is 0.0403. The van der Waals surface area contributed by atoms with E-state index in [1.807, 2.05) is 0 Å². The first-order valence-corrected chi connectivity index (χ1v) is 12.6. The summed E-state index contributed by atoms with van der Waals surface area (Å²) in [5.74, 6) is 2.61. The van der Waals surface area contributed by atoms with Crippen molar-refractivity contribution in [3.8, 4) is 5.75 Å². The van der Waals surface area contributed by atoms with Gasteiger partial charge in [0.2, 0.25) is 0 Å². The molecule has 31 heavy (non-hydrogen) atoms. The highest BCUT2D eigenvalue weighted by molar-refractivity contribution is 5.84. The molecule has 0 aromatic heterocycles. The number of carbonyl (C=O) groups is 1. The van der Waals surface area contributed by atoms with E-state index < -0.39 is 0 Å². The summed E-state index contributed by atoms with van der Waals surface area (Å²) in [5.41, 5.74) is 2.71. The topological polar surface area (TPSA) is 44.8 Å². The maximum atomic E-state index is 13.0. The molecule has 0 amide bonds. The lowest BCUT2D eigenvalue weighted by Crippen LogP contribution is -2.30. The van der Waals surface area contributed by atoms with E-state index in [-0.39, 0.29) is 18.3 Å². The Morgan fingerprint density at radius 3 is 2.81 bits per heavy atom. The van der Waals surface area contributed by atoms with Gasteiger partial charge in [0.15, 0.2) is 6.29 Å². The number of Topliss-reactive ketones (excluding diaryl/α,β-unsaturated/α-hetero) is 1. The van der Waals surface area contributed by atoms with E-state index in [9.17, 15) is 4.79 Å². The molecule has 1 heterocycles. The minimum Gasteiger partial charge on any atom is -0.496 e. The summed E-state index contributed by atoms with van der Waals surface area (Å²) in [6, 6.07) is 6.37. The van der Waals surface area contributed by atoms with Crippen molar-refractivity contribution in [2.75, 3.05) is 13.7 Å². The van der Waals surface area contributed by atoms with Gasteiger partial charge in [-0.15, -0.1) is 0 Å². The molecule has 0 bridgehead atoms. The first kappa shape index (κ1) is 22.8. The second kappa shape index (κ2) is 11.0. The zero-order valence-electron chi connectivity index (χ0n) is 19.4. The van der Waals surface area contributed by atoms with Crippen molar-refractivity contribution in [1.82, 2.24) is 0 Å². The lowest BCUT2D eigenvalue weighted by molar-refractivity contribution is -0.191. The minimum atomic E-state index is -0.0403. The van der Waals surface area contributed by atoms with E-state index in [4.69, 9.17) is 14.2 Å². The molecule has 4 heteroatoms. The van der Waals surface area contributed by atoms with E-state index >= 15 is 0 Å². The predicted molar refractivity (Wildman–Crippen MR) is 122 cm³/mol. The molecule has 4 unspecified atom stereocenters. The van der Waals surface area contributed by atoms with E-state index in [2.05, 4.69) is 25.1 Å². The maximum absolute atomic E-state index is 13.0. The SMILES string of the molecule is CCCCC[C@@H](CCC1C(=O)CC2Cc3c(cccc3OC)CC21)OC1CCCCO1. The quantitative estimate of drug-likeness (QED) is 0.436. The van der Waals surface area contributed by atoms with Gasteiger partial charge >= 0.3 is 0 Å². The smallest absolute Gasteiger partial charge is 0.157 e. The lowest BCUT2D eigenvalue weighted by Gasteiger charge is -2.32. The number of benzene rings is 1. The van der Waals surface area contributed by atoms with Crippen molar-refractivity contribution in [2.24, 2.45) is 17.8 Å². The summed E-state index contributed by atoms with van der Waals surface area (Å²) in [4.78, 5) is 13.0. The molecule has 1 aromatic carbocycles. The summed E-state index contributed by atoms with van der Waals surface area (Å²) in [5, 5.41) is 0. The van der Waals surface area contributed by atoms with E-state index in [1.165, 1.54) is 36.8 Å². The second-order valence-electron chi connectivity index (χ2n) is 9.83. The molecule has 2 aliphatic carbocycles. The third-order valence-electron chi connectivity index (χ3n) is 7.78. The highest BCUT2D eigenvalue weighted by Crippen LogP contribution is 2.46. The highest BCUT2D eigenvalue weighted by atomic mass is 16.7. The number of ether oxygens (including phenoxy) is 3. The van der Waals surface area contributed by atoms with Gasteiger partial charge in [-0.05, 0) is 80.4 Å². The zero-order chi connectivity index (χ0) is 21.6. The molecule has 3 aliphatic rings. The summed E-state index contributed by atoms with van der Waals surface area (Å²) in [6.45, 7) is 3.06. The molecule has 4 nitrogen and oxygen atoms in total. The number of ketones is 1. The molecule has 1 aliphatic heterocycles. The van der Waals surface area contributed by atoms with Gasteiger partial charge in [0.05, 0.1) is 13.2 Å². The third-order valence-corrected chi connectivity index (χ3v) is 7.78. The number of carbonyl (C=O) groups excluding carboxylic acids is 1. The third kappa shape index (κ3) is 5.51. The normalized spacial score (nSPS) is 28.8. The van der Waals surface area contributed by atoms with Crippen LogP contribution >= 0.6 is 0 Å². The summed E-state index contributed by atoms with van der Waals surface area (Å²) in [7, 11) is 1.75. The number of hydrogen-bond donors (Lipinski definition) is 0. The summed E-state index contributed by atoms with van der Waals surface area (Å²) >= 11 is 0. The van der Waals surface area contributed by atoms with Crippen molar-refractivity contribution in [3.63, 3.8) is 0 Å². The van der Waals surface area contributed by atoms with Gasteiger partial charge in [0.1, 0.15) is 11.5 Å². The average Bonchev–Trinajstić information content (AvgIpc) is 3.10. The van der Waals surface area contributed by atoms with Gasteiger partial charge in [-0.25, -0.2) is 0 Å². The number of hydrogen-bond acceptors (Lipinski definition) is 4. The Bertz CT molecular complexity index is 724. The highest BCUT2D eigenvalue weighted by Gasteiger charge is 2.44. The van der Waals surface area contributed by atoms with Crippen LogP contribution in [0.5, 0.6) is 5.75 Å². The molecule has 1 saturated heterocycles. The molecule has 4 rings (SSSR count). The molecule has 2 fully saturated rings. The Morgan fingerprint density at radius 2 is 2.03 bits per heavy atom. The summed E-state index contributed by atoms with van der Waals surface area (Å²) < 4.78 is 17.9. The Kier molecular flexibility index (Phi) is 8.06. The largest absolute Gasteiger partial charge is 0.496 e. The van der Waals surface area contributed by atoms with Crippen LogP contribution < -0.4 is 4.74 Å². The van der Waals surface area contributed by atoms with Crippen molar-refractivity contribution >= 4 is 5.78 Å². The number of methoxy groups -OCH3 is 1. The van der Waals surface area contributed by atoms with E-state index in [0.717, 1.165) is 63.7 Å². The maximum Gasteiger partial charge on any atom is 0.157 e. The van der Waals surface area contributed by atoms with Crippen LogP contribution in [0.1, 0.15) is 82.3 Å². The molecular weight excluding hydrogens is 388 g/mol. The van der Waals surface area contributed by atoms with Gasteiger partial charge in [-0.2, -0.15) is 0 Å². The molecule has 0 radical (unpaired) electrons. The number of unbranched alkanes of at least 4 members (excludes halogenated alkanes) is 2. The molecule has 1 aromatic rings. The molecule has 172 valence electrons. The monoisotopic (exact) mass is 428 g/mol. The van der Waals surface area contributed by atoms with Crippen LogP contribution in [0.15, 0.2) is 18.2 Å². The standard InChI is InChI=1S/C27H40O4/c1-3-4-5-10-21(31-27-12-6-7-15-30-27)13-14-22-23-16-19-9-8-11-26(29-2)24(19)17-20(23)18-25(22)28/h8-9,11,20-23,27H,3-7,10,12-18H2,1-2H3/t20?,21-,22?,23?,27?/m0/s1. The number of fused-ring (bicyclic) bond motifs is 2. The van der Waals surface area contributed by atoms with Crippen LogP contribution in [0.25, 0.3) is 0 Å². The Morgan fingerprint density at radius 1 is 1.13 bits per heavy atom. The molecule has 0 N–H and O–H groups in total. The average molecular weight is 429 g/mol. The zero-order valence-corrected chi connectivity index (χ0v) is 19.4. The number of rotatable bonds is 10. The fraction of sp³-hybridized carbons (Fsp3) is 0.741. The Labute approximate surface area is 188 Å². The fourth-order valence-corrected chi connectivity index (χ4v) is 6.08. The van der Waals surface area contributed by atoms with Crippen molar-refractivity contribution in [3.05, 3.63) is 29.3 Å². The summed E-state index contributed by atoms with van der Waals surface area (Å²) in [6.07, 6.45) is 13.0. The molecular formula is C27H40O4. The Hall–Kier alpha value is -1.39. The first-order valence-electron chi connectivity index (χ1n) is 12.6. The Balaban J connectivity index is 1.38. The van der Waals surface area contributed by atoms with Gasteiger partial charge in [-0.3, -0.25) is 4.79 Å². The van der Waals surface area contributed by atoms with Crippen LogP contribution in [0, 0.1) is 17.8 Å². The van der Waals surface area contributed by atoms with Gasteiger partial charge in [-0.1, -0.05) is 38.3 Å². The van der Waals surface area contributed by atoms with Gasteiger partial charge in [0, 0.05) is 18.9 Å². The second-order valence-corrected chi connectivity index (χ2v) is 9.83. The van der Waals surface area contributed by atoms with Gasteiger partial charge < -0.3 is 14.2 Å². The van der Waals surface area contributed by atoms with Crippen molar-refractivity contribution < 1.29 is 19.0 Å².